The fraction of sp³-hybridized carbons (Fsp3) is 0.263. The van der Waals surface area contributed by atoms with E-state index in [2.05, 4.69) is 19.0 Å². The zero-order valence-electron chi connectivity index (χ0n) is 14.8. The highest BCUT2D eigenvalue weighted by atomic mass is 32.1. The van der Waals surface area contributed by atoms with Crippen LogP contribution < -0.4 is 10.5 Å². The molecule has 4 rings (SSSR count). The summed E-state index contributed by atoms with van der Waals surface area (Å²) in [5.74, 6) is 2.56. The molecule has 134 valence electrons. The second kappa shape index (κ2) is 6.83. The van der Waals surface area contributed by atoms with Crippen molar-refractivity contribution < 1.29 is 9.32 Å². The van der Waals surface area contributed by atoms with Crippen LogP contribution in [0.25, 0.3) is 20.7 Å². The molecule has 0 bridgehead atoms. The lowest BCUT2D eigenvalue weighted by Gasteiger charge is -2.19. The minimum atomic E-state index is -0.0665. The first-order valence-electron chi connectivity index (χ1n) is 8.46. The zero-order valence-corrected chi connectivity index (χ0v) is 16.5. The van der Waals surface area contributed by atoms with E-state index < -0.39 is 0 Å². The van der Waals surface area contributed by atoms with Crippen LogP contribution in [0.4, 0.5) is 0 Å². The van der Waals surface area contributed by atoms with Gasteiger partial charge in [0.15, 0.2) is 11.6 Å². The molecule has 5 nitrogen and oxygen atoms in total. The molecule has 0 amide bonds. The van der Waals surface area contributed by atoms with Crippen LogP contribution in [-0.2, 0) is 6.54 Å². The van der Waals surface area contributed by atoms with Gasteiger partial charge in [0.05, 0.1) is 12.4 Å². The van der Waals surface area contributed by atoms with Gasteiger partial charge in [-0.25, -0.2) is 4.98 Å². The summed E-state index contributed by atoms with van der Waals surface area (Å²) in [6, 6.07) is 8.04. The number of aromatic amines is 1. The number of rotatable bonds is 5. The van der Waals surface area contributed by atoms with Crippen molar-refractivity contribution in [1.29, 1.82) is 0 Å². The van der Waals surface area contributed by atoms with Gasteiger partial charge in [0.2, 0.25) is 0 Å². The summed E-state index contributed by atoms with van der Waals surface area (Å²) in [4.78, 5) is 23.6. The van der Waals surface area contributed by atoms with E-state index in [1.54, 1.807) is 11.3 Å². The highest BCUT2D eigenvalue weighted by Crippen LogP contribution is 2.33. The van der Waals surface area contributed by atoms with Gasteiger partial charge in [-0.15, -0.1) is 22.7 Å². The Kier molecular flexibility index (Phi) is 4.52. The summed E-state index contributed by atoms with van der Waals surface area (Å²) in [5.41, 5.74) is 0.905. The van der Waals surface area contributed by atoms with Crippen molar-refractivity contribution in [2.45, 2.75) is 26.4 Å². The maximum Gasteiger partial charge on any atom is 0.260 e. The van der Waals surface area contributed by atoms with Crippen LogP contribution in [0.2, 0.25) is 0 Å². The summed E-state index contributed by atoms with van der Waals surface area (Å²) in [6.07, 6.45) is 0. The Labute approximate surface area is 158 Å². The van der Waals surface area contributed by atoms with Crippen LogP contribution >= 0.6 is 22.7 Å². The van der Waals surface area contributed by atoms with Crippen LogP contribution in [0.5, 0.6) is 0 Å². The number of nitrogens with one attached hydrogen (secondary N) is 2. The molecule has 0 saturated carbocycles. The molecule has 0 aliphatic carbocycles. The van der Waals surface area contributed by atoms with E-state index >= 15 is 0 Å². The van der Waals surface area contributed by atoms with E-state index in [0.717, 1.165) is 33.3 Å². The predicted octanol–water partition coefficient (Wildman–Crippen LogP) is 3.39. The van der Waals surface area contributed by atoms with Crippen molar-refractivity contribution in [3.63, 3.8) is 0 Å². The Bertz CT molecular complexity index is 1090. The minimum Gasteiger partial charge on any atom is -0.460 e. The third kappa shape index (κ3) is 3.13. The molecule has 26 heavy (non-hydrogen) atoms. The number of nitrogens with zero attached hydrogens (tertiary/aromatic N) is 1. The summed E-state index contributed by atoms with van der Waals surface area (Å²) in [7, 11) is 2.08. The van der Waals surface area contributed by atoms with E-state index in [4.69, 9.17) is 9.40 Å². The largest absolute Gasteiger partial charge is 0.460 e. The first-order chi connectivity index (χ1) is 12.5. The monoisotopic (exact) mass is 386 g/mol. The average molecular weight is 387 g/mol. The summed E-state index contributed by atoms with van der Waals surface area (Å²) in [6.45, 7) is 4.75. The number of furan rings is 1. The van der Waals surface area contributed by atoms with Crippen molar-refractivity contribution in [3.05, 3.63) is 62.7 Å². The molecule has 7 heteroatoms. The molecule has 2 atom stereocenters. The molecule has 1 unspecified atom stereocenters. The third-order valence-electron chi connectivity index (χ3n) is 4.65. The van der Waals surface area contributed by atoms with Gasteiger partial charge in [-0.3, -0.25) is 4.79 Å². The lowest BCUT2D eigenvalue weighted by molar-refractivity contribution is -0.925. The molecule has 0 spiro atoms. The van der Waals surface area contributed by atoms with Crippen molar-refractivity contribution in [3.8, 4) is 10.4 Å². The van der Waals surface area contributed by atoms with Crippen LogP contribution in [0.15, 0.2) is 44.2 Å². The molecule has 0 aliphatic heterocycles. The van der Waals surface area contributed by atoms with Gasteiger partial charge in [-0.1, -0.05) is 6.07 Å². The number of fused-ring (bicyclic) bond motifs is 1. The van der Waals surface area contributed by atoms with Gasteiger partial charge < -0.3 is 14.3 Å². The number of H-pyrrole nitrogens is 1. The van der Waals surface area contributed by atoms with Gasteiger partial charge in [0, 0.05) is 15.8 Å². The average Bonchev–Trinajstić information content (AvgIpc) is 3.34. The molecule has 4 heterocycles. The van der Waals surface area contributed by atoms with E-state index in [9.17, 15) is 4.79 Å². The second-order valence-electron chi connectivity index (χ2n) is 6.52. The molecule has 0 aromatic carbocycles. The fourth-order valence-electron chi connectivity index (χ4n) is 3.03. The normalized spacial score (nSPS) is 14.0. The third-order valence-corrected chi connectivity index (χ3v) is 6.42. The lowest BCUT2D eigenvalue weighted by atomic mass is 10.2. The number of quaternary nitrogens is 1. The van der Waals surface area contributed by atoms with Crippen molar-refractivity contribution in [2.75, 3.05) is 7.05 Å². The zero-order chi connectivity index (χ0) is 18.3. The van der Waals surface area contributed by atoms with Crippen molar-refractivity contribution in [1.82, 2.24) is 9.97 Å². The number of hydrogen-bond donors (Lipinski definition) is 2. The molecular weight excluding hydrogens is 366 g/mol. The molecule has 0 fully saturated rings. The summed E-state index contributed by atoms with van der Waals surface area (Å²) >= 11 is 3.16. The van der Waals surface area contributed by atoms with Gasteiger partial charge in [0.1, 0.15) is 23.2 Å². The molecule has 2 N–H and O–H groups in total. The van der Waals surface area contributed by atoms with Gasteiger partial charge in [-0.05, 0) is 37.4 Å². The highest BCUT2D eigenvalue weighted by Gasteiger charge is 2.22. The van der Waals surface area contributed by atoms with Crippen LogP contribution in [0.1, 0.15) is 30.3 Å². The molecule has 0 radical (unpaired) electrons. The molecule has 4 aromatic heterocycles. The first kappa shape index (κ1) is 17.2. The minimum absolute atomic E-state index is 0.0461. The van der Waals surface area contributed by atoms with Crippen molar-refractivity contribution in [2.24, 2.45) is 0 Å². The van der Waals surface area contributed by atoms with Crippen LogP contribution in [-0.4, -0.2) is 17.0 Å². The van der Waals surface area contributed by atoms with E-state index in [1.165, 1.54) is 16.2 Å². The maximum absolute atomic E-state index is 12.8. The van der Waals surface area contributed by atoms with Gasteiger partial charge >= 0.3 is 0 Å². The first-order valence-corrected chi connectivity index (χ1v) is 10.2. The molecular formula is C19H20N3O2S2+. The summed E-state index contributed by atoms with van der Waals surface area (Å²) < 4.78 is 5.67. The SMILES string of the molecule is Cc1ccc(C[NH+](C)[C@H](C)c2nc3scc(-c4cccs4)c3c(=O)[nH]2)o1. The number of aromatic nitrogens is 2. The standard InChI is InChI=1S/C19H19N3O2S2/c1-11-6-7-13(24-11)9-22(3)12(2)17-20-18(23)16-14(10-26-19(16)21-17)15-5-4-8-25-15/h4-8,10,12H,9H2,1-3H3,(H,20,21,23)/p+1/t12-/m1/s1. The quantitative estimate of drug-likeness (QED) is 0.553. The highest BCUT2D eigenvalue weighted by molar-refractivity contribution is 7.18. The van der Waals surface area contributed by atoms with Crippen LogP contribution in [0, 0.1) is 6.92 Å². The molecule has 4 aromatic rings. The Morgan fingerprint density at radius 2 is 2.15 bits per heavy atom. The fourth-order valence-corrected chi connectivity index (χ4v) is 4.79. The Balaban J connectivity index is 1.65. The topological polar surface area (TPSA) is 63.3 Å². The van der Waals surface area contributed by atoms with E-state index in [-0.39, 0.29) is 11.6 Å². The predicted molar refractivity (Wildman–Crippen MR) is 106 cm³/mol. The maximum atomic E-state index is 12.8. The van der Waals surface area contributed by atoms with Crippen molar-refractivity contribution >= 4 is 32.9 Å². The molecule has 0 aliphatic rings. The smallest absolute Gasteiger partial charge is 0.260 e. The van der Waals surface area contributed by atoms with Gasteiger partial charge in [-0.2, -0.15) is 0 Å². The molecule has 0 saturated heterocycles. The Morgan fingerprint density at radius 3 is 2.85 bits per heavy atom. The van der Waals surface area contributed by atoms with E-state index in [0.29, 0.717) is 11.2 Å². The number of thiophene rings is 2. The Hall–Kier alpha value is -2.22. The summed E-state index contributed by atoms with van der Waals surface area (Å²) in [5, 5.41) is 4.73. The van der Waals surface area contributed by atoms with Crippen LogP contribution in [0.3, 0.4) is 0 Å². The number of hydrogen-bond acceptors (Lipinski definition) is 5. The lowest BCUT2D eigenvalue weighted by Crippen LogP contribution is -3.07. The van der Waals surface area contributed by atoms with Gasteiger partial charge in [0.25, 0.3) is 5.56 Å². The second-order valence-corrected chi connectivity index (χ2v) is 8.32. The van der Waals surface area contributed by atoms with E-state index in [1.807, 2.05) is 41.9 Å². The number of aryl methyl sites for hydroxylation is 1. The Morgan fingerprint density at radius 1 is 1.31 bits per heavy atom.